The normalized spacial score (nSPS) is 34.7. The molecule has 3 N–H and O–H groups in total. The van der Waals surface area contributed by atoms with Gasteiger partial charge in [0.2, 0.25) is 11.6 Å². The molecule has 0 aliphatic carbocycles. The molecule has 0 bridgehead atoms. The molecule has 0 radical (unpaired) electrons. The van der Waals surface area contributed by atoms with Crippen molar-refractivity contribution in [3.63, 3.8) is 0 Å². The third kappa shape index (κ3) is 1.66. The number of amides is 1. The number of carbonyl (C=O) groups excluding carboxylic acids is 2. The molecule has 3 rings (SSSR count). The summed E-state index contributed by atoms with van der Waals surface area (Å²) >= 11 is 1.16. The lowest BCUT2D eigenvalue weighted by molar-refractivity contribution is -0.180. The fourth-order valence-corrected chi connectivity index (χ4v) is 5.54. The largest absolute Gasteiger partial charge is 0.478 e. The maximum atomic E-state index is 12.8. The highest BCUT2D eigenvalue weighted by Gasteiger charge is 2.80. The third-order valence-electron chi connectivity index (χ3n) is 4.84. The lowest BCUT2D eigenvalue weighted by atomic mass is 9.75. The third-order valence-corrected chi connectivity index (χ3v) is 6.67. The number of carboxylic acids is 1. The molecule has 0 saturated carbocycles. The quantitative estimate of drug-likeness (QED) is 0.805. The summed E-state index contributed by atoms with van der Waals surface area (Å²) in [5.74, 6) is -2.71. The average molecular weight is 334 g/mol. The maximum Gasteiger partial charge on any atom is 0.346 e. The van der Waals surface area contributed by atoms with Gasteiger partial charge in [-0.15, -0.1) is 11.8 Å². The van der Waals surface area contributed by atoms with Gasteiger partial charge >= 0.3 is 5.97 Å². The molecular formula is C16H18N2O4S. The minimum absolute atomic E-state index is 0.266. The van der Waals surface area contributed by atoms with E-state index >= 15 is 0 Å². The number of aliphatic carboxylic acids is 1. The Balaban J connectivity index is 2.20. The van der Waals surface area contributed by atoms with Crippen molar-refractivity contribution in [2.45, 2.75) is 42.0 Å². The minimum Gasteiger partial charge on any atom is -0.478 e. The van der Waals surface area contributed by atoms with Crippen LogP contribution in [0.15, 0.2) is 30.3 Å². The Labute approximate surface area is 138 Å². The van der Waals surface area contributed by atoms with Crippen molar-refractivity contribution in [2.24, 2.45) is 5.73 Å². The Morgan fingerprint density at radius 1 is 1.26 bits per heavy atom. The van der Waals surface area contributed by atoms with Gasteiger partial charge in [-0.05, 0) is 26.3 Å². The predicted octanol–water partition coefficient (Wildman–Crippen LogP) is 1.16. The van der Waals surface area contributed by atoms with Crippen LogP contribution >= 0.6 is 11.8 Å². The van der Waals surface area contributed by atoms with Crippen molar-refractivity contribution in [3.05, 3.63) is 35.9 Å². The highest BCUT2D eigenvalue weighted by atomic mass is 32.2. The first-order valence-corrected chi connectivity index (χ1v) is 8.05. The van der Waals surface area contributed by atoms with Gasteiger partial charge in [0.1, 0.15) is 5.92 Å². The first kappa shape index (κ1) is 16.0. The van der Waals surface area contributed by atoms with E-state index in [0.717, 1.165) is 16.7 Å². The molecule has 0 aromatic heterocycles. The molecule has 6 nitrogen and oxygen atoms in total. The molecule has 2 fully saturated rings. The van der Waals surface area contributed by atoms with Gasteiger partial charge in [-0.1, -0.05) is 30.3 Å². The van der Waals surface area contributed by atoms with E-state index < -0.39 is 33.1 Å². The number of thioether (sulfide) groups is 1. The highest BCUT2D eigenvalue weighted by Crippen LogP contribution is 2.66. The van der Waals surface area contributed by atoms with E-state index in [1.807, 2.05) is 6.07 Å². The topological polar surface area (TPSA) is 101 Å². The molecule has 2 aliphatic heterocycles. The Morgan fingerprint density at radius 3 is 2.30 bits per heavy atom. The fraction of sp³-hybridized carbons (Fsp3) is 0.438. The van der Waals surface area contributed by atoms with Crippen LogP contribution in [0.2, 0.25) is 0 Å². The van der Waals surface area contributed by atoms with E-state index in [4.69, 9.17) is 5.73 Å². The Morgan fingerprint density at radius 2 is 1.83 bits per heavy atom. The lowest BCUT2D eigenvalue weighted by Gasteiger charge is -2.54. The van der Waals surface area contributed by atoms with Crippen molar-refractivity contribution in [3.8, 4) is 0 Å². The summed E-state index contributed by atoms with van der Waals surface area (Å²) in [6, 6.07) is 8.94. The van der Waals surface area contributed by atoms with Crippen molar-refractivity contribution < 1.29 is 19.5 Å². The van der Waals surface area contributed by atoms with Gasteiger partial charge in [0.05, 0.1) is 4.75 Å². The molecule has 23 heavy (non-hydrogen) atoms. The number of carboxylic acid groups (broad SMARTS) is 1. The fourth-order valence-electron chi connectivity index (χ4n) is 3.60. The van der Waals surface area contributed by atoms with E-state index in [1.54, 1.807) is 38.1 Å². The summed E-state index contributed by atoms with van der Waals surface area (Å²) in [6.45, 7) is 4.69. The summed E-state index contributed by atoms with van der Waals surface area (Å²) in [5, 5.41) is 9.66. The zero-order chi connectivity index (χ0) is 17.2. The summed E-state index contributed by atoms with van der Waals surface area (Å²) in [4.78, 5) is 36.9. The van der Waals surface area contributed by atoms with Crippen molar-refractivity contribution in [2.75, 3.05) is 0 Å². The summed E-state index contributed by atoms with van der Waals surface area (Å²) < 4.78 is -1.01. The highest BCUT2D eigenvalue weighted by molar-refractivity contribution is 8.03. The van der Waals surface area contributed by atoms with Crippen LogP contribution in [0.3, 0.4) is 0 Å². The minimum atomic E-state index is -1.92. The number of benzene rings is 1. The first-order valence-electron chi connectivity index (χ1n) is 7.23. The Hall–Kier alpha value is -1.86. The SMILES string of the molecule is CC(=O)C12SC(C)(C)C(N)(C(=O)O)N1C(=O)C2c1ccccc1. The number of carbonyl (C=O) groups is 3. The molecule has 7 heteroatoms. The average Bonchev–Trinajstić information content (AvgIpc) is 2.63. The van der Waals surface area contributed by atoms with E-state index in [1.165, 1.54) is 6.92 Å². The second kappa shape index (κ2) is 4.58. The zero-order valence-electron chi connectivity index (χ0n) is 13.1. The van der Waals surface area contributed by atoms with Crippen LogP contribution in [0, 0.1) is 0 Å². The molecule has 2 saturated heterocycles. The van der Waals surface area contributed by atoms with E-state index in [-0.39, 0.29) is 5.78 Å². The van der Waals surface area contributed by atoms with E-state index in [0.29, 0.717) is 5.56 Å². The number of nitrogens with two attached hydrogens (primary N) is 1. The van der Waals surface area contributed by atoms with Gasteiger partial charge < -0.3 is 5.11 Å². The second-order valence-corrected chi connectivity index (χ2v) is 8.30. The maximum absolute atomic E-state index is 12.8. The van der Waals surface area contributed by atoms with Crippen LogP contribution in [0.4, 0.5) is 0 Å². The number of Topliss-reactive ketones (excluding diaryl/α,β-unsaturated/α-hetero) is 1. The van der Waals surface area contributed by atoms with Crippen LogP contribution in [0.1, 0.15) is 32.3 Å². The number of rotatable bonds is 3. The monoisotopic (exact) mass is 334 g/mol. The molecule has 1 aromatic carbocycles. The van der Waals surface area contributed by atoms with Crippen molar-refractivity contribution in [1.29, 1.82) is 0 Å². The summed E-state index contributed by atoms with van der Waals surface area (Å²) in [7, 11) is 0. The van der Waals surface area contributed by atoms with Gasteiger partial charge in [0, 0.05) is 0 Å². The molecule has 3 atom stereocenters. The summed E-state index contributed by atoms with van der Waals surface area (Å²) in [5.41, 5.74) is 4.92. The van der Waals surface area contributed by atoms with Gasteiger partial charge in [-0.25, -0.2) is 4.79 Å². The molecule has 3 unspecified atom stereocenters. The molecular weight excluding hydrogens is 316 g/mol. The van der Waals surface area contributed by atoms with Gasteiger partial charge in [0.25, 0.3) is 0 Å². The van der Waals surface area contributed by atoms with Crippen LogP contribution in [0.5, 0.6) is 0 Å². The summed E-state index contributed by atoms with van der Waals surface area (Å²) in [6.07, 6.45) is 0. The Kier molecular flexibility index (Phi) is 3.19. The second-order valence-electron chi connectivity index (χ2n) is 6.45. The molecule has 2 heterocycles. The number of fused-ring (bicyclic) bond motifs is 1. The zero-order valence-corrected chi connectivity index (χ0v) is 13.9. The van der Waals surface area contributed by atoms with Gasteiger partial charge in [-0.3, -0.25) is 20.2 Å². The smallest absolute Gasteiger partial charge is 0.346 e. The molecule has 2 aliphatic rings. The number of β-lactam (4-membered cyclic amide) rings is 1. The van der Waals surface area contributed by atoms with Crippen molar-refractivity contribution >= 4 is 29.4 Å². The van der Waals surface area contributed by atoms with E-state index in [9.17, 15) is 19.5 Å². The lowest BCUT2D eigenvalue weighted by Crippen LogP contribution is -2.79. The number of hydrogen-bond acceptors (Lipinski definition) is 5. The van der Waals surface area contributed by atoms with Gasteiger partial charge in [-0.2, -0.15) is 0 Å². The van der Waals surface area contributed by atoms with Crippen LogP contribution in [0.25, 0.3) is 0 Å². The molecule has 0 spiro atoms. The van der Waals surface area contributed by atoms with Crippen molar-refractivity contribution in [1.82, 2.24) is 4.90 Å². The Bertz CT molecular complexity index is 720. The molecule has 1 aromatic rings. The number of ketones is 1. The molecule has 122 valence electrons. The standard InChI is InChI=1S/C16H18N2O4S/c1-9(19)15-11(10-7-5-4-6-8-10)12(20)18(15)16(17,13(21)22)14(2,3)23-15/h4-8,11H,17H2,1-3H3,(H,21,22). The van der Waals surface area contributed by atoms with Gasteiger partial charge in [0.15, 0.2) is 10.7 Å². The van der Waals surface area contributed by atoms with Crippen LogP contribution in [-0.2, 0) is 14.4 Å². The van der Waals surface area contributed by atoms with Crippen LogP contribution < -0.4 is 5.73 Å². The van der Waals surface area contributed by atoms with Crippen LogP contribution in [-0.4, -0.2) is 42.9 Å². The first-order chi connectivity index (χ1) is 10.6. The predicted molar refractivity (Wildman–Crippen MR) is 85.7 cm³/mol. The number of nitrogens with zero attached hydrogens (tertiary/aromatic N) is 1. The number of hydrogen-bond donors (Lipinski definition) is 2. The molecule has 1 amide bonds. The van der Waals surface area contributed by atoms with E-state index in [2.05, 4.69) is 0 Å².